The maximum atomic E-state index is 14.0. The normalized spacial score (nSPS) is 10.8. The van der Waals surface area contributed by atoms with E-state index >= 15 is 0 Å². The highest BCUT2D eigenvalue weighted by molar-refractivity contribution is 6.30. The molecule has 0 radical (unpaired) electrons. The molecule has 106 valence electrons. The van der Waals surface area contributed by atoms with Crippen LogP contribution < -0.4 is 4.74 Å². The van der Waals surface area contributed by atoms with Crippen molar-refractivity contribution in [2.75, 3.05) is 0 Å². The van der Waals surface area contributed by atoms with Crippen LogP contribution in [-0.2, 0) is 5.88 Å². The smallest absolute Gasteiger partial charge is 0.184 e. The third-order valence-corrected chi connectivity index (χ3v) is 3.57. The molecule has 0 bridgehead atoms. The summed E-state index contributed by atoms with van der Waals surface area (Å²) in [6.07, 6.45) is 0. The second kappa shape index (κ2) is 5.88. The number of aromatic nitrogens is 1. The Bertz CT molecular complexity index is 807. The van der Waals surface area contributed by atoms with Gasteiger partial charge in [0.15, 0.2) is 11.6 Å². The van der Waals surface area contributed by atoms with Gasteiger partial charge in [0.05, 0.1) is 22.1 Å². The Hall–Kier alpha value is -1.84. The Kier molecular flexibility index (Phi) is 3.95. The van der Waals surface area contributed by atoms with Crippen LogP contribution in [0.1, 0.15) is 5.69 Å². The van der Waals surface area contributed by atoms with E-state index in [2.05, 4.69) is 4.98 Å². The minimum absolute atomic E-state index is 0.0171. The van der Waals surface area contributed by atoms with Gasteiger partial charge in [-0.05, 0) is 24.3 Å². The van der Waals surface area contributed by atoms with Crippen LogP contribution in [0.4, 0.5) is 4.39 Å². The van der Waals surface area contributed by atoms with E-state index in [1.807, 2.05) is 24.3 Å². The van der Waals surface area contributed by atoms with Crippen molar-refractivity contribution in [3.05, 3.63) is 65.1 Å². The summed E-state index contributed by atoms with van der Waals surface area (Å²) < 4.78 is 19.7. The van der Waals surface area contributed by atoms with Crippen molar-refractivity contribution in [1.29, 1.82) is 0 Å². The Labute approximate surface area is 131 Å². The number of alkyl halides is 1. The lowest BCUT2D eigenvalue weighted by molar-refractivity contribution is 0.446. The molecule has 0 amide bonds. The van der Waals surface area contributed by atoms with Gasteiger partial charge in [0, 0.05) is 11.5 Å². The summed E-state index contributed by atoms with van der Waals surface area (Å²) in [5.41, 5.74) is 1.40. The van der Waals surface area contributed by atoms with E-state index in [9.17, 15) is 4.39 Å². The van der Waals surface area contributed by atoms with E-state index in [-0.39, 0.29) is 16.7 Å². The number of nitrogens with zero attached hydrogens (tertiary/aromatic N) is 1. The molecule has 0 atom stereocenters. The lowest BCUT2D eigenvalue weighted by Crippen LogP contribution is -1.94. The first kappa shape index (κ1) is 14.1. The molecule has 2 aromatic carbocycles. The van der Waals surface area contributed by atoms with Crippen LogP contribution in [0.3, 0.4) is 0 Å². The number of ether oxygens (including phenoxy) is 1. The maximum absolute atomic E-state index is 14.0. The number of rotatable bonds is 3. The number of benzene rings is 2. The quantitative estimate of drug-likeness (QED) is 0.589. The number of para-hydroxylation sites is 1. The van der Waals surface area contributed by atoms with Gasteiger partial charge in [-0.1, -0.05) is 29.8 Å². The fourth-order valence-corrected chi connectivity index (χ4v) is 2.33. The largest absolute Gasteiger partial charge is 0.453 e. The summed E-state index contributed by atoms with van der Waals surface area (Å²) in [5, 5.41) is 0.800. The molecule has 0 fully saturated rings. The van der Waals surface area contributed by atoms with Crippen LogP contribution in [-0.4, -0.2) is 4.98 Å². The molecule has 0 spiro atoms. The molecule has 0 aliphatic rings. The van der Waals surface area contributed by atoms with Gasteiger partial charge in [0.25, 0.3) is 0 Å². The second-order valence-corrected chi connectivity index (χ2v) is 5.09. The molecule has 0 saturated carbocycles. The van der Waals surface area contributed by atoms with Crippen molar-refractivity contribution in [2.45, 2.75) is 5.88 Å². The molecule has 3 aromatic rings. The van der Waals surface area contributed by atoms with E-state index in [1.54, 1.807) is 12.1 Å². The monoisotopic (exact) mass is 321 g/mol. The zero-order chi connectivity index (χ0) is 14.8. The first-order chi connectivity index (χ1) is 10.2. The van der Waals surface area contributed by atoms with Crippen molar-refractivity contribution >= 4 is 34.1 Å². The lowest BCUT2D eigenvalue weighted by atomic mass is 10.2. The predicted octanol–water partition coefficient (Wildman–Crippen LogP) is 5.56. The standard InChI is InChI=1S/C16H10Cl2FNO/c17-9-10-8-15(11-4-1-2-6-13(11)20-10)21-14-7-3-5-12(18)16(14)19/h1-8H,9H2. The first-order valence-corrected chi connectivity index (χ1v) is 7.17. The van der Waals surface area contributed by atoms with E-state index < -0.39 is 5.82 Å². The topological polar surface area (TPSA) is 22.1 Å². The van der Waals surface area contributed by atoms with Crippen molar-refractivity contribution in [3.63, 3.8) is 0 Å². The van der Waals surface area contributed by atoms with E-state index in [0.717, 1.165) is 10.9 Å². The predicted molar refractivity (Wildman–Crippen MR) is 82.8 cm³/mol. The number of hydrogen-bond donors (Lipinski definition) is 0. The summed E-state index contributed by atoms with van der Waals surface area (Å²) in [4.78, 5) is 4.40. The van der Waals surface area contributed by atoms with E-state index in [4.69, 9.17) is 27.9 Å². The average Bonchev–Trinajstić information content (AvgIpc) is 2.51. The molecule has 21 heavy (non-hydrogen) atoms. The van der Waals surface area contributed by atoms with Gasteiger partial charge in [-0.2, -0.15) is 0 Å². The third-order valence-electron chi connectivity index (χ3n) is 3.00. The van der Waals surface area contributed by atoms with Crippen LogP contribution in [0.25, 0.3) is 10.9 Å². The molecular weight excluding hydrogens is 312 g/mol. The van der Waals surface area contributed by atoms with Crippen molar-refractivity contribution in [2.24, 2.45) is 0 Å². The van der Waals surface area contributed by atoms with Crippen molar-refractivity contribution < 1.29 is 9.13 Å². The molecule has 3 rings (SSSR count). The molecule has 0 saturated heterocycles. The summed E-state index contributed by atoms with van der Waals surface area (Å²) in [6, 6.07) is 13.8. The lowest BCUT2D eigenvalue weighted by Gasteiger charge is -2.11. The summed E-state index contributed by atoms with van der Waals surface area (Å²) in [6.45, 7) is 0. The van der Waals surface area contributed by atoms with E-state index in [1.165, 1.54) is 12.1 Å². The van der Waals surface area contributed by atoms with Crippen LogP contribution >= 0.6 is 23.2 Å². The Morgan fingerprint density at radius 1 is 1.05 bits per heavy atom. The number of halogens is 3. The molecule has 1 aromatic heterocycles. The Morgan fingerprint density at radius 2 is 1.86 bits per heavy atom. The highest BCUT2D eigenvalue weighted by Crippen LogP contribution is 2.33. The molecule has 0 unspecified atom stereocenters. The van der Waals surface area contributed by atoms with Crippen LogP contribution in [0.15, 0.2) is 48.5 Å². The summed E-state index contributed by atoms with van der Waals surface area (Å²) in [5.74, 6) is 0.225. The van der Waals surface area contributed by atoms with Crippen LogP contribution in [0.2, 0.25) is 5.02 Å². The zero-order valence-corrected chi connectivity index (χ0v) is 12.3. The second-order valence-electron chi connectivity index (χ2n) is 4.42. The van der Waals surface area contributed by atoms with Gasteiger partial charge in [0.1, 0.15) is 5.75 Å². The average molecular weight is 322 g/mol. The van der Waals surface area contributed by atoms with Gasteiger partial charge in [-0.3, -0.25) is 4.98 Å². The Morgan fingerprint density at radius 3 is 2.67 bits per heavy atom. The Balaban J connectivity index is 2.13. The van der Waals surface area contributed by atoms with Gasteiger partial charge in [0.2, 0.25) is 0 Å². The third kappa shape index (κ3) is 2.80. The van der Waals surface area contributed by atoms with Crippen molar-refractivity contribution in [3.8, 4) is 11.5 Å². The molecule has 0 N–H and O–H groups in total. The number of hydrogen-bond acceptors (Lipinski definition) is 2. The van der Waals surface area contributed by atoms with Gasteiger partial charge < -0.3 is 4.74 Å². The molecule has 0 aliphatic carbocycles. The minimum Gasteiger partial charge on any atom is -0.453 e. The first-order valence-electron chi connectivity index (χ1n) is 6.25. The van der Waals surface area contributed by atoms with Crippen LogP contribution in [0.5, 0.6) is 11.5 Å². The number of fused-ring (bicyclic) bond motifs is 1. The van der Waals surface area contributed by atoms with Gasteiger partial charge in [-0.15, -0.1) is 11.6 Å². The summed E-state index contributed by atoms with van der Waals surface area (Å²) in [7, 11) is 0. The molecule has 1 heterocycles. The maximum Gasteiger partial charge on any atom is 0.184 e. The fraction of sp³-hybridized carbons (Fsp3) is 0.0625. The molecular formula is C16H10Cl2FNO. The molecule has 0 aliphatic heterocycles. The highest BCUT2D eigenvalue weighted by atomic mass is 35.5. The van der Waals surface area contributed by atoms with Gasteiger partial charge >= 0.3 is 0 Å². The SMILES string of the molecule is Fc1c(Cl)cccc1Oc1cc(CCl)nc2ccccc12. The summed E-state index contributed by atoms with van der Waals surface area (Å²) >= 11 is 11.6. The fourth-order valence-electron chi connectivity index (χ4n) is 2.03. The van der Waals surface area contributed by atoms with Gasteiger partial charge in [-0.25, -0.2) is 4.39 Å². The van der Waals surface area contributed by atoms with E-state index in [0.29, 0.717) is 11.4 Å². The van der Waals surface area contributed by atoms with Crippen LogP contribution in [0, 0.1) is 5.82 Å². The highest BCUT2D eigenvalue weighted by Gasteiger charge is 2.12. The molecule has 2 nitrogen and oxygen atoms in total. The van der Waals surface area contributed by atoms with Crippen molar-refractivity contribution in [1.82, 2.24) is 4.98 Å². The number of pyridine rings is 1. The minimum atomic E-state index is -0.590. The zero-order valence-electron chi connectivity index (χ0n) is 10.8. The molecule has 5 heteroatoms.